The van der Waals surface area contributed by atoms with E-state index < -0.39 is 0 Å². The average Bonchev–Trinajstić information content (AvgIpc) is 3.43. The molecule has 8 nitrogen and oxygen atoms in total. The van der Waals surface area contributed by atoms with Crippen molar-refractivity contribution in [3.63, 3.8) is 0 Å². The predicted octanol–water partition coefficient (Wildman–Crippen LogP) is 3.24. The predicted molar refractivity (Wildman–Crippen MR) is 119 cm³/mol. The Hall–Kier alpha value is -3.75. The second-order valence-electron chi connectivity index (χ2n) is 8.29. The zero-order chi connectivity index (χ0) is 23.4. The van der Waals surface area contributed by atoms with Crippen molar-refractivity contribution in [2.75, 3.05) is 13.1 Å². The van der Waals surface area contributed by atoms with Gasteiger partial charge in [0, 0.05) is 32.1 Å². The molecule has 4 rings (SSSR count). The van der Waals surface area contributed by atoms with Crippen molar-refractivity contribution in [3.8, 4) is 0 Å². The van der Waals surface area contributed by atoms with Crippen LogP contribution in [-0.2, 0) is 17.8 Å². The van der Waals surface area contributed by atoms with Gasteiger partial charge in [-0.2, -0.15) is 0 Å². The number of hydrogen-bond acceptors (Lipinski definition) is 5. The number of halogens is 1. The molecule has 3 heterocycles. The molecule has 1 unspecified atom stereocenters. The number of benzene rings is 1. The fourth-order valence-electron chi connectivity index (χ4n) is 3.79. The van der Waals surface area contributed by atoms with Gasteiger partial charge in [-0.05, 0) is 35.8 Å². The van der Waals surface area contributed by atoms with Crippen LogP contribution in [0.4, 0.5) is 4.39 Å². The Bertz CT molecular complexity index is 1140. The van der Waals surface area contributed by atoms with Gasteiger partial charge in [-0.3, -0.25) is 9.59 Å². The number of carbonyl (C=O) groups is 2. The minimum Gasteiger partial charge on any atom is -0.472 e. The first kappa shape index (κ1) is 22.4. The Morgan fingerprint density at radius 3 is 2.61 bits per heavy atom. The highest BCUT2D eigenvalue weighted by molar-refractivity contribution is 5.94. The van der Waals surface area contributed by atoms with Crippen molar-refractivity contribution in [1.29, 1.82) is 0 Å². The van der Waals surface area contributed by atoms with Crippen molar-refractivity contribution in [2.45, 2.75) is 32.9 Å². The van der Waals surface area contributed by atoms with Gasteiger partial charge >= 0.3 is 0 Å². The minimum atomic E-state index is -0.339. The Morgan fingerprint density at radius 1 is 1.12 bits per heavy atom. The smallest absolute Gasteiger partial charge is 0.255 e. The zero-order valence-corrected chi connectivity index (χ0v) is 18.6. The highest BCUT2D eigenvalue weighted by atomic mass is 19.1. The largest absolute Gasteiger partial charge is 0.472 e. The molecule has 3 aromatic rings. The zero-order valence-electron chi connectivity index (χ0n) is 18.6. The Kier molecular flexibility index (Phi) is 6.67. The van der Waals surface area contributed by atoms with Gasteiger partial charge in [-0.15, -0.1) is 10.2 Å². The van der Waals surface area contributed by atoms with E-state index in [-0.39, 0.29) is 29.6 Å². The molecular weight excluding hydrogens is 425 g/mol. The molecule has 1 atom stereocenters. The third-order valence-electron chi connectivity index (χ3n) is 5.67. The van der Waals surface area contributed by atoms with Crippen LogP contribution in [0.15, 0.2) is 53.4 Å². The maximum atomic E-state index is 13.1. The van der Waals surface area contributed by atoms with Gasteiger partial charge < -0.3 is 19.2 Å². The minimum absolute atomic E-state index is 0.0776. The van der Waals surface area contributed by atoms with E-state index in [2.05, 4.69) is 15.5 Å². The van der Waals surface area contributed by atoms with Crippen LogP contribution in [0, 0.1) is 11.7 Å². The average molecular weight is 452 g/mol. The molecule has 0 saturated carbocycles. The van der Waals surface area contributed by atoms with Crippen LogP contribution in [-0.4, -0.2) is 44.6 Å². The van der Waals surface area contributed by atoms with Crippen LogP contribution in [0.1, 0.15) is 47.5 Å². The number of amides is 2. The summed E-state index contributed by atoms with van der Waals surface area (Å²) in [5, 5.41) is 11.7. The van der Waals surface area contributed by atoms with Crippen LogP contribution in [0.2, 0.25) is 0 Å². The lowest BCUT2D eigenvalue weighted by atomic mass is 10.0. The summed E-state index contributed by atoms with van der Waals surface area (Å²) in [7, 11) is 0. The van der Waals surface area contributed by atoms with E-state index in [4.69, 9.17) is 4.42 Å². The van der Waals surface area contributed by atoms with E-state index in [1.807, 2.05) is 18.4 Å². The Balaban J connectivity index is 1.45. The van der Waals surface area contributed by atoms with Gasteiger partial charge in [0.2, 0.25) is 5.91 Å². The van der Waals surface area contributed by atoms with Gasteiger partial charge in [0.05, 0.1) is 17.9 Å². The molecule has 0 spiro atoms. The number of carbonyl (C=O) groups excluding carboxylic acids is 2. The summed E-state index contributed by atoms with van der Waals surface area (Å²) in [4.78, 5) is 27.1. The topological polar surface area (TPSA) is 93.3 Å². The van der Waals surface area contributed by atoms with E-state index in [1.54, 1.807) is 29.2 Å². The summed E-state index contributed by atoms with van der Waals surface area (Å²) in [5.41, 5.74) is 1.20. The van der Waals surface area contributed by atoms with Crippen LogP contribution < -0.4 is 5.32 Å². The first-order valence-electron chi connectivity index (χ1n) is 10.9. The summed E-state index contributed by atoms with van der Waals surface area (Å²) >= 11 is 0. The first-order chi connectivity index (χ1) is 15.9. The third-order valence-corrected chi connectivity index (χ3v) is 5.67. The molecule has 1 aliphatic rings. The highest BCUT2D eigenvalue weighted by Crippen LogP contribution is 2.23. The number of aromatic nitrogens is 3. The Labute approximate surface area is 191 Å². The molecule has 0 saturated heterocycles. The number of furan rings is 1. The molecule has 1 aliphatic heterocycles. The molecule has 0 radical (unpaired) electrons. The van der Waals surface area contributed by atoms with Gasteiger partial charge in [0.1, 0.15) is 17.9 Å². The summed E-state index contributed by atoms with van der Waals surface area (Å²) < 4.78 is 20.1. The number of nitrogens with one attached hydrogen (secondary N) is 1. The summed E-state index contributed by atoms with van der Waals surface area (Å²) in [6.07, 6.45) is 6.60. The third kappa shape index (κ3) is 5.19. The monoisotopic (exact) mass is 451 g/mol. The van der Waals surface area contributed by atoms with Crippen LogP contribution in [0.25, 0.3) is 6.08 Å². The van der Waals surface area contributed by atoms with Crippen molar-refractivity contribution in [3.05, 3.63) is 77.5 Å². The molecule has 0 fully saturated rings. The summed E-state index contributed by atoms with van der Waals surface area (Å²) in [6.45, 7) is 5.55. The standard InChI is InChI=1S/C24H26FN5O3/c1-16(2)22(26-24(32)18-10-14-33-15-18)23-28-27-20-9-11-29(12-13-30(20)23)21(31)8-5-17-3-6-19(25)7-4-17/h3-8,10,14-16,22H,9,11-13H2,1-2H3,(H,26,32)/b8-5+. The summed E-state index contributed by atoms with van der Waals surface area (Å²) in [6, 6.07) is 7.24. The van der Waals surface area contributed by atoms with Crippen molar-refractivity contribution in [1.82, 2.24) is 25.0 Å². The highest BCUT2D eigenvalue weighted by Gasteiger charge is 2.28. The number of nitrogens with zero attached hydrogens (tertiary/aromatic N) is 4. The number of fused-ring (bicyclic) bond motifs is 1. The van der Waals surface area contributed by atoms with Crippen molar-refractivity contribution in [2.24, 2.45) is 5.92 Å². The molecule has 9 heteroatoms. The fraction of sp³-hybridized carbons (Fsp3) is 0.333. The fourth-order valence-corrected chi connectivity index (χ4v) is 3.79. The molecule has 0 bridgehead atoms. The van der Waals surface area contributed by atoms with Crippen molar-refractivity contribution < 1.29 is 18.4 Å². The van der Waals surface area contributed by atoms with E-state index in [9.17, 15) is 14.0 Å². The van der Waals surface area contributed by atoms with Crippen LogP contribution in [0.3, 0.4) is 0 Å². The van der Waals surface area contributed by atoms with Gasteiger partial charge in [0.25, 0.3) is 5.91 Å². The second kappa shape index (κ2) is 9.81. The van der Waals surface area contributed by atoms with Crippen molar-refractivity contribution >= 4 is 17.9 Å². The maximum absolute atomic E-state index is 13.1. The lowest BCUT2D eigenvalue weighted by Crippen LogP contribution is -2.35. The van der Waals surface area contributed by atoms with E-state index in [0.29, 0.717) is 37.4 Å². The molecule has 33 heavy (non-hydrogen) atoms. The lowest BCUT2D eigenvalue weighted by molar-refractivity contribution is -0.125. The molecular formula is C24H26FN5O3. The lowest BCUT2D eigenvalue weighted by Gasteiger charge is -2.23. The molecule has 172 valence electrons. The SMILES string of the molecule is CC(C)C(NC(=O)c1ccoc1)c1nnc2n1CCN(C(=O)/C=C/c1ccc(F)cc1)CC2. The molecule has 2 aromatic heterocycles. The molecule has 1 aromatic carbocycles. The molecule has 0 aliphatic carbocycles. The van der Waals surface area contributed by atoms with E-state index in [1.165, 1.54) is 30.7 Å². The quantitative estimate of drug-likeness (QED) is 0.581. The van der Waals surface area contributed by atoms with Gasteiger partial charge in [-0.1, -0.05) is 26.0 Å². The normalized spacial score (nSPS) is 14.8. The Morgan fingerprint density at radius 2 is 1.91 bits per heavy atom. The second-order valence-corrected chi connectivity index (χ2v) is 8.29. The maximum Gasteiger partial charge on any atom is 0.255 e. The first-order valence-corrected chi connectivity index (χ1v) is 10.9. The van der Waals surface area contributed by atoms with Crippen LogP contribution in [0.5, 0.6) is 0 Å². The van der Waals surface area contributed by atoms with E-state index >= 15 is 0 Å². The molecule has 1 N–H and O–H groups in total. The van der Waals surface area contributed by atoms with Gasteiger partial charge in [-0.25, -0.2) is 4.39 Å². The summed E-state index contributed by atoms with van der Waals surface area (Å²) in [5.74, 6) is 0.864. The molecule has 2 amide bonds. The van der Waals surface area contributed by atoms with Crippen LogP contribution >= 0.6 is 0 Å². The van der Waals surface area contributed by atoms with E-state index in [0.717, 1.165) is 11.4 Å². The number of hydrogen-bond donors (Lipinski definition) is 1. The van der Waals surface area contributed by atoms with Gasteiger partial charge in [0.15, 0.2) is 5.82 Å². The number of rotatable bonds is 6.